The Morgan fingerprint density at radius 2 is 2.00 bits per heavy atom. The van der Waals surface area contributed by atoms with E-state index in [9.17, 15) is 18.0 Å². The number of aromatic nitrogens is 2. The molecule has 1 aromatic heterocycles. The molecular formula is C11H13ClF3N3O. The molecule has 0 aromatic carbocycles. The van der Waals surface area contributed by atoms with Gasteiger partial charge in [-0.25, -0.2) is 9.97 Å². The molecule has 0 saturated carbocycles. The van der Waals surface area contributed by atoms with Gasteiger partial charge in [-0.2, -0.15) is 13.2 Å². The van der Waals surface area contributed by atoms with Gasteiger partial charge in [-0.15, -0.1) is 0 Å². The number of amides is 1. The van der Waals surface area contributed by atoms with Crippen molar-refractivity contribution in [3.8, 4) is 0 Å². The highest BCUT2D eigenvalue weighted by Gasteiger charge is 2.34. The number of halogens is 4. The number of hydrogen-bond donors (Lipinski definition) is 0. The summed E-state index contributed by atoms with van der Waals surface area (Å²) in [7, 11) is 0. The molecule has 1 rings (SSSR count). The number of alkyl halides is 3. The largest absolute Gasteiger partial charge is 0.406 e. The molecule has 0 unspecified atom stereocenters. The highest BCUT2D eigenvalue weighted by atomic mass is 35.5. The van der Waals surface area contributed by atoms with Crippen LogP contribution < -0.4 is 0 Å². The summed E-state index contributed by atoms with van der Waals surface area (Å²) in [5.41, 5.74) is -0.158. The zero-order valence-corrected chi connectivity index (χ0v) is 11.2. The molecule has 1 heterocycles. The Balaban J connectivity index is 2.90. The number of carbonyl (C=O) groups excluding carboxylic acids is 1. The molecule has 0 aliphatic carbocycles. The summed E-state index contributed by atoms with van der Waals surface area (Å²) in [6.45, 7) is 2.13. The van der Waals surface area contributed by atoms with Gasteiger partial charge in [0.15, 0.2) is 0 Å². The summed E-state index contributed by atoms with van der Waals surface area (Å²) in [4.78, 5) is 20.0. The lowest BCUT2D eigenvalue weighted by Crippen LogP contribution is -2.41. The topological polar surface area (TPSA) is 46.1 Å². The Hall–Kier alpha value is -1.37. The van der Waals surface area contributed by atoms with Gasteiger partial charge in [0.1, 0.15) is 17.4 Å². The van der Waals surface area contributed by atoms with Crippen molar-refractivity contribution in [1.82, 2.24) is 14.9 Å². The van der Waals surface area contributed by atoms with Gasteiger partial charge in [-0.3, -0.25) is 4.79 Å². The zero-order chi connectivity index (χ0) is 14.6. The van der Waals surface area contributed by atoms with Crippen molar-refractivity contribution in [3.63, 3.8) is 0 Å². The normalized spacial score (nSPS) is 11.7. The van der Waals surface area contributed by atoms with Crippen LogP contribution in [-0.4, -0.2) is 40.0 Å². The summed E-state index contributed by atoms with van der Waals surface area (Å²) in [6, 6.07) is 0. The maximum atomic E-state index is 12.4. The van der Waals surface area contributed by atoms with Gasteiger partial charge in [0.05, 0.1) is 12.4 Å². The van der Waals surface area contributed by atoms with Crippen LogP contribution in [0.4, 0.5) is 13.2 Å². The molecule has 0 spiro atoms. The quantitative estimate of drug-likeness (QED) is 0.858. The fourth-order valence-corrected chi connectivity index (χ4v) is 1.56. The second-order valence-electron chi connectivity index (χ2n) is 4.42. The van der Waals surface area contributed by atoms with Crippen LogP contribution >= 0.6 is 11.6 Å². The lowest BCUT2D eigenvalue weighted by Gasteiger charge is -2.25. The first kappa shape index (κ1) is 15.7. The first-order chi connectivity index (χ1) is 8.69. The Morgan fingerprint density at radius 3 is 2.42 bits per heavy atom. The van der Waals surface area contributed by atoms with Gasteiger partial charge < -0.3 is 4.90 Å². The maximum absolute atomic E-state index is 12.4. The van der Waals surface area contributed by atoms with Crippen molar-refractivity contribution in [3.05, 3.63) is 23.2 Å². The Kier molecular flexibility index (Phi) is 5.11. The predicted octanol–water partition coefficient (Wildman–Crippen LogP) is 2.79. The van der Waals surface area contributed by atoms with Gasteiger partial charge in [-0.1, -0.05) is 25.4 Å². The smallest absolute Gasteiger partial charge is 0.328 e. The van der Waals surface area contributed by atoms with E-state index in [4.69, 9.17) is 11.6 Å². The third-order valence-corrected chi connectivity index (χ3v) is 2.28. The molecular weight excluding hydrogens is 283 g/mol. The van der Waals surface area contributed by atoms with Crippen LogP contribution in [0.1, 0.15) is 24.3 Å². The monoisotopic (exact) mass is 295 g/mol. The number of rotatable bonds is 4. The number of nitrogens with zero attached hydrogens (tertiary/aromatic N) is 3. The van der Waals surface area contributed by atoms with Crippen LogP contribution in [0.2, 0.25) is 5.15 Å². The minimum absolute atomic E-state index is 0.0113. The van der Waals surface area contributed by atoms with E-state index in [2.05, 4.69) is 9.97 Å². The molecule has 0 aliphatic rings. The van der Waals surface area contributed by atoms with Crippen LogP contribution in [0, 0.1) is 5.92 Å². The predicted molar refractivity (Wildman–Crippen MR) is 63.8 cm³/mol. The molecule has 0 radical (unpaired) electrons. The maximum Gasteiger partial charge on any atom is 0.406 e. The summed E-state index contributed by atoms with van der Waals surface area (Å²) in [5.74, 6) is -0.901. The molecule has 0 saturated heterocycles. The first-order valence-electron chi connectivity index (χ1n) is 5.52. The van der Waals surface area contributed by atoms with Gasteiger partial charge in [-0.05, 0) is 5.92 Å². The molecule has 19 heavy (non-hydrogen) atoms. The molecule has 1 aromatic rings. The van der Waals surface area contributed by atoms with E-state index in [1.165, 1.54) is 0 Å². The Bertz CT molecular complexity index is 434. The third-order valence-electron chi connectivity index (χ3n) is 2.08. The van der Waals surface area contributed by atoms with Crippen molar-refractivity contribution < 1.29 is 18.0 Å². The van der Waals surface area contributed by atoms with Gasteiger partial charge in [0, 0.05) is 6.54 Å². The molecule has 0 atom stereocenters. The van der Waals surface area contributed by atoms with Crippen molar-refractivity contribution in [1.29, 1.82) is 0 Å². The van der Waals surface area contributed by atoms with Crippen LogP contribution in [0.25, 0.3) is 0 Å². The van der Waals surface area contributed by atoms with E-state index >= 15 is 0 Å². The second kappa shape index (κ2) is 6.18. The standard InChI is InChI=1S/C11H13ClF3N3O/c1-7(2)5-18(6-11(13,14)15)10(19)8-3-17-9(12)4-16-8/h3-4,7H,5-6H2,1-2H3. The van der Waals surface area contributed by atoms with Gasteiger partial charge in [0.2, 0.25) is 0 Å². The third kappa shape index (κ3) is 5.42. The van der Waals surface area contributed by atoms with Crippen LogP contribution in [-0.2, 0) is 0 Å². The highest BCUT2D eigenvalue weighted by molar-refractivity contribution is 6.29. The second-order valence-corrected chi connectivity index (χ2v) is 4.81. The molecule has 0 aliphatic heterocycles. The van der Waals surface area contributed by atoms with Crippen LogP contribution in [0.15, 0.2) is 12.4 Å². The highest BCUT2D eigenvalue weighted by Crippen LogP contribution is 2.18. The number of hydrogen-bond acceptors (Lipinski definition) is 3. The average molecular weight is 296 g/mol. The van der Waals surface area contributed by atoms with E-state index < -0.39 is 18.6 Å². The van der Waals surface area contributed by atoms with Gasteiger partial charge in [0.25, 0.3) is 5.91 Å². The average Bonchev–Trinajstić information content (AvgIpc) is 2.25. The van der Waals surface area contributed by atoms with E-state index in [-0.39, 0.29) is 23.3 Å². The van der Waals surface area contributed by atoms with E-state index in [0.717, 1.165) is 12.4 Å². The molecule has 0 N–H and O–H groups in total. The SMILES string of the molecule is CC(C)CN(CC(F)(F)F)C(=O)c1cnc(Cl)cn1. The molecule has 0 bridgehead atoms. The lowest BCUT2D eigenvalue weighted by atomic mass is 10.2. The summed E-state index contributed by atoms with van der Waals surface area (Å²) < 4.78 is 37.3. The van der Waals surface area contributed by atoms with Crippen LogP contribution in [0.3, 0.4) is 0 Å². The Morgan fingerprint density at radius 1 is 1.37 bits per heavy atom. The summed E-state index contributed by atoms with van der Waals surface area (Å²) >= 11 is 5.51. The Labute approximate surface area is 113 Å². The minimum atomic E-state index is -4.45. The van der Waals surface area contributed by atoms with Crippen molar-refractivity contribution in [2.45, 2.75) is 20.0 Å². The van der Waals surface area contributed by atoms with E-state index in [0.29, 0.717) is 4.90 Å². The molecule has 4 nitrogen and oxygen atoms in total. The summed E-state index contributed by atoms with van der Waals surface area (Å²) in [6.07, 6.45) is -2.27. The summed E-state index contributed by atoms with van der Waals surface area (Å²) in [5, 5.41) is 0.0720. The van der Waals surface area contributed by atoms with E-state index in [1.807, 2.05) is 0 Å². The molecule has 8 heteroatoms. The first-order valence-corrected chi connectivity index (χ1v) is 5.90. The number of carbonyl (C=O) groups is 1. The molecule has 106 valence electrons. The van der Waals surface area contributed by atoms with Crippen LogP contribution in [0.5, 0.6) is 0 Å². The van der Waals surface area contributed by atoms with Crippen molar-refractivity contribution >= 4 is 17.5 Å². The van der Waals surface area contributed by atoms with Crippen molar-refractivity contribution in [2.24, 2.45) is 5.92 Å². The van der Waals surface area contributed by atoms with Crippen molar-refractivity contribution in [2.75, 3.05) is 13.1 Å². The molecule has 0 fully saturated rings. The zero-order valence-electron chi connectivity index (χ0n) is 10.4. The fraction of sp³-hybridized carbons (Fsp3) is 0.545. The minimum Gasteiger partial charge on any atom is -0.328 e. The molecule has 1 amide bonds. The fourth-order valence-electron chi connectivity index (χ4n) is 1.46. The van der Waals surface area contributed by atoms with E-state index in [1.54, 1.807) is 13.8 Å². The lowest BCUT2D eigenvalue weighted by molar-refractivity contribution is -0.141. The van der Waals surface area contributed by atoms with Gasteiger partial charge >= 0.3 is 6.18 Å².